The number of ether oxygens (including phenoxy) is 1. The summed E-state index contributed by atoms with van der Waals surface area (Å²) in [6.45, 7) is 1.57. The molecule has 0 radical (unpaired) electrons. The molecule has 1 aromatic carbocycles. The van der Waals surface area contributed by atoms with Gasteiger partial charge in [0.25, 0.3) is 0 Å². The fourth-order valence-electron chi connectivity index (χ4n) is 3.22. The minimum absolute atomic E-state index is 0.0687. The quantitative estimate of drug-likeness (QED) is 0.791. The second-order valence-corrected chi connectivity index (χ2v) is 6.45. The normalized spacial score (nSPS) is 16.6. The molecule has 0 saturated carbocycles. The van der Waals surface area contributed by atoms with E-state index >= 15 is 0 Å². The fourth-order valence-corrected chi connectivity index (χ4v) is 3.22. The van der Waals surface area contributed by atoms with Crippen molar-refractivity contribution in [2.45, 2.75) is 19.4 Å². The van der Waals surface area contributed by atoms with Crippen LogP contribution in [0.1, 0.15) is 17.3 Å². The van der Waals surface area contributed by atoms with E-state index in [1.165, 1.54) is 11.3 Å². The van der Waals surface area contributed by atoms with Crippen molar-refractivity contribution >= 4 is 11.6 Å². The first-order chi connectivity index (χ1) is 12.1. The Balaban J connectivity index is 1.62. The molecule has 1 aliphatic heterocycles. The van der Waals surface area contributed by atoms with E-state index in [0.717, 1.165) is 6.42 Å². The molecule has 1 atom stereocenters. The second-order valence-electron chi connectivity index (χ2n) is 6.45. The molecule has 0 fully saturated rings. The van der Waals surface area contributed by atoms with Crippen molar-refractivity contribution in [2.75, 3.05) is 39.3 Å². The van der Waals surface area contributed by atoms with Gasteiger partial charge < -0.3 is 19.1 Å². The Morgan fingerprint density at radius 1 is 1.44 bits per heavy atom. The Kier molecular flexibility index (Phi) is 5.33. The molecule has 3 rings (SSSR count). The summed E-state index contributed by atoms with van der Waals surface area (Å²) < 4.78 is 10.2. The van der Waals surface area contributed by atoms with Crippen molar-refractivity contribution < 1.29 is 14.1 Å². The molecule has 1 amide bonds. The summed E-state index contributed by atoms with van der Waals surface area (Å²) in [4.78, 5) is 20.9. The number of aromatic nitrogens is 2. The first kappa shape index (κ1) is 17.4. The summed E-state index contributed by atoms with van der Waals surface area (Å²) in [5.41, 5.74) is 2.41. The van der Waals surface area contributed by atoms with Crippen LogP contribution < -0.4 is 4.90 Å². The standard InChI is InChI=1S/C18H24N4O3/c1-21-11-14(10-13-6-4-5-7-15(13)21)18(23)22(2)12-17-19-16(20-25-17)8-9-24-3/h4-7,14H,8-12H2,1-3H3. The predicted octanol–water partition coefficient (Wildman–Crippen LogP) is 1.53. The number of fused-ring (bicyclic) bond motifs is 1. The molecule has 0 N–H and O–H groups in total. The van der Waals surface area contributed by atoms with Crippen molar-refractivity contribution in [2.24, 2.45) is 5.92 Å². The lowest BCUT2D eigenvalue weighted by Crippen LogP contribution is -2.42. The Labute approximate surface area is 147 Å². The minimum atomic E-state index is -0.0687. The molecule has 1 aliphatic rings. The predicted molar refractivity (Wildman–Crippen MR) is 93.3 cm³/mol. The van der Waals surface area contributed by atoms with Crippen molar-refractivity contribution in [3.63, 3.8) is 0 Å². The average Bonchev–Trinajstić information content (AvgIpc) is 3.06. The number of amides is 1. The highest BCUT2D eigenvalue weighted by atomic mass is 16.5. The minimum Gasteiger partial charge on any atom is -0.384 e. The number of rotatable bonds is 6. The number of carbonyl (C=O) groups is 1. The van der Waals surface area contributed by atoms with Crippen molar-refractivity contribution in [1.82, 2.24) is 15.0 Å². The van der Waals surface area contributed by atoms with E-state index in [1.807, 2.05) is 19.2 Å². The summed E-state index contributed by atoms with van der Waals surface area (Å²) in [6, 6.07) is 8.23. The monoisotopic (exact) mass is 344 g/mol. The lowest BCUT2D eigenvalue weighted by Gasteiger charge is -2.34. The number of para-hydroxylation sites is 1. The van der Waals surface area contributed by atoms with Crippen LogP contribution in [0.15, 0.2) is 28.8 Å². The Bertz CT molecular complexity index is 731. The lowest BCUT2D eigenvalue weighted by molar-refractivity contribution is -0.134. The lowest BCUT2D eigenvalue weighted by atomic mass is 9.92. The largest absolute Gasteiger partial charge is 0.384 e. The zero-order chi connectivity index (χ0) is 17.8. The van der Waals surface area contributed by atoms with Gasteiger partial charge in [-0.1, -0.05) is 23.4 Å². The van der Waals surface area contributed by atoms with Gasteiger partial charge in [0.2, 0.25) is 11.8 Å². The topological polar surface area (TPSA) is 71.7 Å². The molecule has 25 heavy (non-hydrogen) atoms. The Hall–Kier alpha value is -2.41. The molecular formula is C18H24N4O3. The highest BCUT2D eigenvalue weighted by Crippen LogP contribution is 2.29. The first-order valence-corrected chi connectivity index (χ1v) is 8.43. The third kappa shape index (κ3) is 3.99. The van der Waals surface area contributed by atoms with Gasteiger partial charge in [0.15, 0.2) is 5.82 Å². The molecule has 1 aromatic heterocycles. The van der Waals surface area contributed by atoms with E-state index < -0.39 is 0 Å². The van der Waals surface area contributed by atoms with Gasteiger partial charge in [-0.15, -0.1) is 0 Å². The molecule has 0 aliphatic carbocycles. The van der Waals surface area contributed by atoms with Crippen LogP contribution in [0.25, 0.3) is 0 Å². The van der Waals surface area contributed by atoms with Gasteiger partial charge in [-0.25, -0.2) is 0 Å². The van der Waals surface area contributed by atoms with Gasteiger partial charge >= 0.3 is 0 Å². The first-order valence-electron chi connectivity index (χ1n) is 8.43. The van der Waals surface area contributed by atoms with E-state index in [1.54, 1.807) is 19.1 Å². The zero-order valence-corrected chi connectivity index (χ0v) is 14.9. The van der Waals surface area contributed by atoms with Crippen LogP contribution in [0.2, 0.25) is 0 Å². The molecule has 0 spiro atoms. The third-order valence-corrected chi connectivity index (χ3v) is 4.50. The summed E-state index contributed by atoms with van der Waals surface area (Å²) in [5.74, 6) is 1.08. The molecule has 1 unspecified atom stereocenters. The third-order valence-electron chi connectivity index (χ3n) is 4.50. The fraction of sp³-hybridized carbons (Fsp3) is 0.500. The van der Waals surface area contributed by atoms with Gasteiger partial charge in [0, 0.05) is 39.9 Å². The number of nitrogens with zero attached hydrogens (tertiary/aromatic N) is 4. The SMILES string of the molecule is COCCc1noc(CN(C)C(=O)C2Cc3ccccc3N(C)C2)n1. The number of hydrogen-bond donors (Lipinski definition) is 0. The van der Waals surface area contributed by atoms with Gasteiger partial charge in [-0.3, -0.25) is 4.79 Å². The highest BCUT2D eigenvalue weighted by molar-refractivity contribution is 5.80. The smallest absolute Gasteiger partial charge is 0.246 e. The molecule has 0 saturated heterocycles. The van der Waals surface area contributed by atoms with Crippen LogP contribution in [-0.4, -0.2) is 55.3 Å². The van der Waals surface area contributed by atoms with Crippen LogP contribution in [0.5, 0.6) is 0 Å². The number of methoxy groups -OCH3 is 1. The van der Waals surface area contributed by atoms with E-state index in [2.05, 4.69) is 27.2 Å². The summed E-state index contributed by atoms with van der Waals surface area (Å²) >= 11 is 0. The van der Waals surface area contributed by atoms with Gasteiger partial charge in [0.1, 0.15) is 0 Å². The number of benzene rings is 1. The van der Waals surface area contributed by atoms with Crippen LogP contribution in [0, 0.1) is 5.92 Å². The van der Waals surface area contributed by atoms with Gasteiger partial charge in [-0.05, 0) is 18.1 Å². The molecule has 0 bridgehead atoms. The Morgan fingerprint density at radius 2 is 2.24 bits per heavy atom. The molecule has 134 valence electrons. The summed E-state index contributed by atoms with van der Waals surface area (Å²) in [6.07, 6.45) is 1.36. The summed E-state index contributed by atoms with van der Waals surface area (Å²) in [7, 11) is 5.44. The highest BCUT2D eigenvalue weighted by Gasteiger charge is 2.29. The van der Waals surface area contributed by atoms with E-state index in [0.29, 0.717) is 37.8 Å². The molecule has 7 heteroatoms. The molecule has 2 aromatic rings. The molecule has 7 nitrogen and oxygen atoms in total. The van der Waals surface area contributed by atoms with Crippen molar-refractivity contribution in [3.8, 4) is 0 Å². The molecule has 2 heterocycles. The number of carbonyl (C=O) groups excluding carboxylic acids is 1. The van der Waals surface area contributed by atoms with Crippen LogP contribution >= 0.6 is 0 Å². The van der Waals surface area contributed by atoms with Crippen LogP contribution in [-0.2, 0) is 28.9 Å². The maximum atomic E-state index is 12.8. The van der Waals surface area contributed by atoms with Crippen molar-refractivity contribution in [1.29, 1.82) is 0 Å². The number of anilines is 1. The maximum Gasteiger partial charge on any atom is 0.246 e. The maximum absolute atomic E-state index is 12.8. The van der Waals surface area contributed by atoms with Crippen LogP contribution in [0.3, 0.4) is 0 Å². The van der Waals surface area contributed by atoms with Gasteiger partial charge in [-0.2, -0.15) is 4.98 Å². The second kappa shape index (κ2) is 7.65. The van der Waals surface area contributed by atoms with E-state index in [4.69, 9.17) is 9.26 Å². The van der Waals surface area contributed by atoms with Crippen LogP contribution in [0.4, 0.5) is 5.69 Å². The van der Waals surface area contributed by atoms with Crippen molar-refractivity contribution in [3.05, 3.63) is 41.5 Å². The van der Waals surface area contributed by atoms with E-state index in [-0.39, 0.29) is 11.8 Å². The van der Waals surface area contributed by atoms with Gasteiger partial charge in [0.05, 0.1) is 19.1 Å². The average molecular weight is 344 g/mol. The zero-order valence-electron chi connectivity index (χ0n) is 14.9. The summed E-state index contributed by atoms with van der Waals surface area (Å²) in [5, 5.41) is 3.91. The number of hydrogen-bond acceptors (Lipinski definition) is 6. The van der Waals surface area contributed by atoms with E-state index in [9.17, 15) is 4.79 Å². The molecular weight excluding hydrogens is 320 g/mol. The Morgan fingerprint density at radius 3 is 3.04 bits per heavy atom.